The van der Waals surface area contributed by atoms with Crippen LogP contribution in [-0.2, 0) is 6.42 Å². The van der Waals surface area contributed by atoms with Crippen LogP contribution in [0.15, 0.2) is 46.1 Å². The van der Waals surface area contributed by atoms with Crippen molar-refractivity contribution in [1.82, 2.24) is 10.3 Å². The number of aromatic nitrogens is 1. The zero-order valence-electron chi connectivity index (χ0n) is 19.2. The second-order valence-electron chi connectivity index (χ2n) is 7.60. The molecule has 0 aliphatic rings. The number of halogens is 2. The van der Waals surface area contributed by atoms with Gasteiger partial charge >= 0.3 is 0 Å². The van der Waals surface area contributed by atoms with Crippen molar-refractivity contribution in [3.05, 3.63) is 52.3 Å². The van der Waals surface area contributed by atoms with Crippen LogP contribution in [0.4, 0.5) is 0 Å². The van der Waals surface area contributed by atoms with Crippen LogP contribution in [0, 0.1) is 5.92 Å². The number of pyridine rings is 1. The number of hydrogen-bond donors (Lipinski definition) is 1. The first-order valence-corrected chi connectivity index (χ1v) is 12.2. The summed E-state index contributed by atoms with van der Waals surface area (Å²) < 4.78 is 0. The van der Waals surface area contributed by atoms with Gasteiger partial charge in [0.05, 0.1) is 5.03 Å². The van der Waals surface area contributed by atoms with Gasteiger partial charge in [-0.3, -0.25) is 14.8 Å². The first-order valence-electron chi connectivity index (χ1n) is 11.3. The largest absolute Gasteiger partial charge is 0.352 e. The molecule has 0 aliphatic heterocycles. The molecule has 1 aromatic heterocycles. The molecular weight excluding hydrogens is 429 g/mol. The van der Waals surface area contributed by atoms with E-state index in [4.69, 9.17) is 23.2 Å². The molecule has 1 N–H and O–H groups in total. The minimum absolute atomic E-state index is 0.0398. The number of nitrogens with one attached hydrogen (secondary N) is 1. The van der Waals surface area contributed by atoms with E-state index in [-0.39, 0.29) is 5.91 Å². The Morgan fingerprint density at radius 2 is 2.10 bits per heavy atom. The van der Waals surface area contributed by atoms with Gasteiger partial charge in [-0.2, -0.15) is 0 Å². The van der Waals surface area contributed by atoms with Crippen LogP contribution in [0.3, 0.4) is 0 Å². The van der Waals surface area contributed by atoms with Crippen molar-refractivity contribution < 1.29 is 4.79 Å². The van der Waals surface area contributed by atoms with Gasteiger partial charge in [0, 0.05) is 49.1 Å². The summed E-state index contributed by atoms with van der Waals surface area (Å²) in [5.41, 5.74) is 2.86. The molecule has 0 bridgehead atoms. The lowest BCUT2D eigenvalue weighted by Gasteiger charge is -2.15. The molecule has 1 rings (SSSR count). The van der Waals surface area contributed by atoms with E-state index >= 15 is 0 Å². The van der Waals surface area contributed by atoms with Crippen molar-refractivity contribution in [2.24, 2.45) is 10.9 Å². The molecule has 0 spiro atoms. The van der Waals surface area contributed by atoms with E-state index in [9.17, 15) is 4.79 Å². The van der Waals surface area contributed by atoms with Crippen LogP contribution in [0.1, 0.15) is 75.3 Å². The number of amides is 1. The molecule has 4 nitrogen and oxygen atoms in total. The minimum Gasteiger partial charge on any atom is -0.352 e. The normalized spacial score (nSPS) is 13.6. The third-order valence-corrected chi connectivity index (χ3v) is 5.71. The van der Waals surface area contributed by atoms with Gasteiger partial charge in [0.15, 0.2) is 0 Å². The lowest BCUT2D eigenvalue weighted by molar-refractivity contribution is 0.0951. The average Bonchev–Trinajstić information content (AvgIpc) is 2.78. The summed E-state index contributed by atoms with van der Waals surface area (Å²) in [4.78, 5) is 21.3. The van der Waals surface area contributed by atoms with Crippen LogP contribution >= 0.6 is 23.2 Å². The summed E-state index contributed by atoms with van der Waals surface area (Å²) in [7, 11) is 0. The fourth-order valence-corrected chi connectivity index (χ4v) is 3.72. The van der Waals surface area contributed by atoms with Gasteiger partial charge in [-0.05, 0) is 50.7 Å². The zero-order chi connectivity index (χ0) is 22.9. The second-order valence-corrected chi connectivity index (χ2v) is 8.42. The molecule has 0 aliphatic carbocycles. The molecular formula is C25H37Cl2N3O. The Balaban J connectivity index is 2.59. The lowest BCUT2D eigenvalue weighted by Crippen LogP contribution is -2.26. The van der Waals surface area contributed by atoms with Crippen molar-refractivity contribution >= 4 is 35.3 Å². The van der Waals surface area contributed by atoms with Crippen LogP contribution < -0.4 is 5.32 Å². The van der Waals surface area contributed by atoms with E-state index in [1.165, 1.54) is 5.57 Å². The van der Waals surface area contributed by atoms with Gasteiger partial charge in [-0.15, -0.1) is 11.6 Å². The Morgan fingerprint density at radius 3 is 2.77 bits per heavy atom. The molecule has 6 heteroatoms. The number of hydrogen-bond acceptors (Lipinski definition) is 3. The summed E-state index contributed by atoms with van der Waals surface area (Å²) in [6.45, 7) is 7.58. The highest BCUT2D eigenvalue weighted by atomic mass is 35.5. The van der Waals surface area contributed by atoms with Crippen LogP contribution in [0.2, 0.25) is 0 Å². The van der Waals surface area contributed by atoms with Gasteiger partial charge in [-0.1, -0.05) is 56.0 Å². The van der Waals surface area contributed by atoms with Gasteiger partial charge in [-0.25, -0.2) is 0 Å². The maximum absolute atomic E-state index is 12.6. The topological polar surface area (TPSA) is 54.4 Å². The standard InChI is InChI=1S/C25H37Cl2N3O/c1-4-8-21(10-13-26)11-15-30-25(31)22-12-16-29-24(18-22)17-20(5-2)9-7-14-28-19-23(27)6-3/h6,9,12,16,18-19,21H,4-5,7-8,10-11,13-15,17H2,1-3H3,(H,30,31)/b20-9+,23-6+,28-19-. The molecule has 1 amide bonds. The van der Waals surface area contributed by atoms with Crippen molar-refractivity contribution in [3.63, 3.8) is 0 Å². The maximum atomic E-state index is 12.6. The quantitative estimate of drug-likeness (QED) is 0.135. The molecule has 0 fully saturated rings. The lowest BCUT2D eigenvalue weighted by atomic mass is 9.97. The third-order valence-electron chi connectivity index (χ3n) is 5.18. The number of carbonyl (C=O) groups is 1. The van der Waals surface area contributed by atoms with Crippen LogP contribution in [-0.4, -0.2) is 36.1 Å². The highest BCUT2D eigenvalue weighted by Gasteiger charge is 2.10. The molecule has 0 radical (unpaired) electrons. The number of allylic oxidation sites excluding steroid dienone is 3. The van der Waals surface area contributed by atoms with E-state index in [1.807, 2.05) is 19.1 Å². The molecule has 1 unspecified atom stereocenters. The molecule has 31 heavy (non-hydrogen) atoms. The summed E-state index contributed by atoms with van der Waals surface area (Å²) in [6, 6.07) is 3.67. The molecule has 0 saturated heterocycles. The Hall–Kier alpha value is -1.65. The third kappa shape index (κ3) is 12.1. The monoisotopic (exact) mass is 465 g/mol. The second kappa shape index (κ2) is 17.0. The van der Waals surface area contributed by atoms with Crippen LogP contribution in [0.25, 0.3) is 0 Å². The van der Waals surface area contributed by atoms with Gasteiger partial charge in [0.2, 0.25) is 0 Å². The number of alkyl halides is 1. The van der Waals surface area contributed by atoms with Gasteiger partial charge in [0.25, 0.3) is 5.91 Å². The number of nitrogens with zero attached hydrogens (tertiary/aromatic N) is 2. The Kier molecular flexibility index (Phi) is 15.0. The molecule has 172 valence electrons. The Morgan fingerprint density at radius 1 is 1.29 bits per heavy atom. The predicted molar refractivity (Wildman–Crippen MR) is 135 cm³/mol. The molecule has 1 aromatic rings. The van der Waals surface area contributed by atoms with E-state index in [0.717, 1.165) is 50.6 Å². The molecule has 1 atom stereocenters. The first-order chi connectivity index (χ1) is 15.0. The summed E-state index contributed by atoms with van der Waals surface area (Å²) in [6.07, 6.45) is 14.2. The maximum Gasteiger partial charge on any atom is 0.251 e. The van der Waals surface area contributed by atoms with Crippen molar-refractivity contribution in [3.8, 4) is 0 Å². The molecule has 1 heterocycles. The fraction of sp³-hybridized carbons (Fsp3) is 0.560. The highest BCUT2D eigenvalue weighted by Crippen LogP contribution is 2.16. The smallest absolute Gasteiger partial charge is 0.251 e. The zero-order valence-corrected chi connectivity index (χ0v) is 20.7. The number of rotatable bonds is 15. The van der Waals surface area contributed by atoms with E-state index < -0.39 is 0 Å². The minimum atomic E-state index is -0.0398. The van der Waals surface area contributed by atoms with Crippen molar-refractivity contribution in [2.75, 3.05) is 19.0 Å². The van der Waals surface area contributed by atoms with Gasteiger partial charge in [0.1, 0.15) is 0 Å². The van der Waals surface area contributed by atoms with Crippen LogP contribution in [0.5, 0.6) is 0 Å². The van der Waals surface area contributed by atoms with Crippen molar-refractivity contribution in [2.45, 2.75) is 65.7 Å². The molecule has 0 aromatic carbocycles. The SMILES string of the molecule is C/C=C(Cl)\C=N/CC/C=C(\CC)Cc1cc(C(=O)NCCC(CCC)CCCl)ccn1. The first kappa shape index (κ1) is 27.4. The van der Waals surface area contributed by atoms with E-state index in [0.29, 0.717) is 35.5 Å². The summed E-state index contributed by atoms with van der Waals surface area (Å²) in [5, 5.41) is 3.70. The van der Waals surface area contributed by atoms with E-state index in [1.54, 1.807) is 18.5 Å². The predicted octanol–water partition coefficient (Wildman–Crippen LogP) is 6.73. The summed E-state index contributed by atoms with van der Waals surface area (Å²) in [5.74, 6) is 1.21. The van der Waals surface area contributed by atoms with Gasteiger partial charge < -0.3 is 5.32 Å². The number of aliphatic imine (C=N–C) groups is 1. The summed E-state index contributed by atoms with van der Waals surface area (Å²) >= 11 is 11.8. The Bertz CT molecular complexity index is 738. The van der Waals surface area contributed by atoms with Crippen molar-refractivity contribution in [1.29, 1.82) is 0 Å². The Labute approximate surface area is 198 Å². The highest BCUT2D eigenvalue weighted by molar-refractivity contribution is 6.39. The average molecular weight is 466 g/mol. The number of carbonyl (C=O) groups excluding carboxylic acids is 1. The molecule has 0 saturated carbocycles. The fourth-order valence-electron chi connectivity index (χ4n) is 3.35. The van der Waals surface area contributed by atoms with E-state index in [2.05, 4.69) is 35.2 Å².